The number of rotatable bonds is 0. The van der Waals surface area contributed by atoms with Crippen molar-refractivity contribution in [1.82, 2.24) is 0 Å². The molecule has 0 radical (unpaired) electrons. The van der Waals surface area contributed by atoms with Gasteiger partial charge in [0.05, 0.1) is 0 Å². The Balaban J connectivity index is 0. The van der Waals surface area contributed by atoms with Gasteiger partial charge in [0.15, 0.2) is 0 Å². The third-order valence-corrected chi connectivity index (χ3v) is 0. The van der Waals surface area contributed by atoms with Crippen molar-refractivity contribution in [2.45, 2.75) is 0 Å². The van der Waals surface area contributed by atoms with Gasteiger partial charge in [-0.25, -0.2) is 0 Å². The van der Waals surface area contributed by atoms with E-state index in [2.05, 4.69) is 0 Å². The van der Waals surface area contributed by atoms with Crippen molar-refractivity contribution in [3.05, 3.63) is 0 Å². The van der Waals surface area contributed by atoms with Crippen LogP contribution in [0.5, 0.6) is 0 Å². The molecule has 18 heavy (non-hydrogen) atoms. The maximum absolute atomic E-state index is 0. The molecule has 0 atom stereocenters. The standard InChI is InChI=1S/18K.18H. The van der Waals surface area contributed by atoms with Crippen LogP contribution in [0.2, 0.25) is 0 Å². The predicted octanol–water partition coefficient (Wildman–Crippen LogP) is -11.7. The van der Waals surface area contributed by atoms with Gasteiger partial charge in [-0.1, -0.05) is 0 Å². The van der Waals surface area contributed by atoms with E-state index in [1.54, 1.807) is 0 Å². The van der Waals surface area contributed by atoms with Gasteiger partial charge in [0.2, 0.25) is 0 Å². The van der Waals surface area contributed by atoms with Gasteiger partial charge in [0.25, 0.3) is 0 Å². The summed E-state index contributed by atoms with van der Waals surface area (Å²) in [6, 6.07) is 0. The van der Waals surface area contributed by atoms with E-state index in [0.29, 0.717) is 0 Å². The van der Waals surface area contributed by atoms with Gasteiger partial charge in [-0.3, -0.25) is 0 Å². The van der Waals surface area contributed by atoms with Crippen molar-refractivity contribution in [3.63, 3.8) is 0 Å². The molecule has 0 rings (SSSR count). The molecule has 0 fully saturated rings. The summed E-state index contributed by atoms with van der Waals surface area (Å²) >= 11 is 0. The molecule has 0 bridgehead atoms. The van der Waals surface area contributed by atoms with Crippen molar-refractivity contribution < 1.29 is 0 Å². The quantitative estimate of drug-likeness (QED) is 0.219. The van der Waals surface area contributed by atoms with Gasteiger partial charge in [-0.15, -0.1) is 0 Å². The Kier molecular flexibility index (Phi) is 725. The summed E-state index contributed by atoms with van der Waals surface area (Å²) < 4.78 is 0. The van der Waals surface area contributed by atoms with Crippen LogP contribution in [0.3, 0.4) is 0 Å². The van der Waals surface area contributed by atoms with Crippen molar-refractivity contribution in [2.75, 3.05) is 0 Å². The van der Waals surface area contributed by atoms with Crippen molar-refractivity contribution in [2.24, 2.45) is 0 Å². The van der Waals surface area contributed by atoms with E-state index in [1.807, 2.05) is 0 Å². The van der Waals surface area contributed by atoms with Crippen molar-refractivity contribution in [1.29, 1.82) is 0 Å². The summed E-state index contributed by atoms with van der Waals surface area (Å²) in [6.45, 7) is 0. The average Bonchev–Trinajstić information content (AvgIpc) is 0. The van der Waals surface area contributed by atoms with Crippen molar-refractivity contribution >= 4 is 925 Å². The molecule has 0 N–H and O–H groups in total. The molecule has 18 heteroatoms. The van der Waals surface area contributed by atoms with Crippen LogP contribution in [0.4, 0.5) is 0 Å². The summed E-state index contributed by atoms with van der Waals surface area (Å²) in [4.78, 5) is 0. The van der Waals surface area contributed by atoms with Gasteiger partial charge in [-0.05, 0) is 0 Å². The number of hydrogen-bond acceptors (Lipinski definition) is 0. The summed E-state index contributed by atoms with van der Waals surface area (Å²) in [5.74, 6) is 0. The second-order valence-corrected chi connectivity index (χ2v) is 0. The molecule has 0 aliphatic carbocycles. The van der Waals surface area contributed by atoms with E-state index in [9.17, 15) is 0 Å². The van der Waals surface area contributed by atoms with Crippen LogP contribution < -0.4 is 0 Å². The fourth-order valence-corrected chi connectivity index (χ4v) is 0. The summed E-state index contributed by atoms with van der Waals surface area (Å²) in [6.07, 6.45) is 0. The molecule has 0 unspecified atom stereocenters. The Hall–Kier alpha value is 29.5. The number of hydrogen-bond donors (Lipinski definition) is 0. The van der Waals surface area contributed by atoms with Gasteiger partial charge in [0, 0.05) is 0 Å². The fourth-order valence-electron chi connectivity index (χ4n) is 0. The van der Waals surface area contributed by atoms with E-state index < -0.39 is 0 Å². The first-order valence-corrected chi connectivity index (χ1v) is 0. The Morgan fingerprint density at radius 1 is 0.0556 bits per heavy atom. The minimum atomic E-state index is 0. The van der Waals surface area contributed by atoms with Gasteiger partial charge in [0.1, 0.15) is 0 Å². The molecule has 36 valence electrons. The van der Waals surface area contributed by atoms with E-state index in [-0.39, 0.29) is 925 Å². The normalized spacial score (nSPS) is 0. The summed E-state index contributed by atoms with van der Waals surface area (Å²) in [5.41, 5.74) is 0. The molecule has 0 spiro atoms. The molecule has 0 heterocycles. The van der Waals surface area contributed by atoms with E-state index in [0.717, 1.165) is 0 Å². The van der Waals surface area contributed by atoms with Crippen LogP contribution in [0.25, 0.3) is 0 Å². The van der Waals surface area contributed by atoms with Gasteiger partial charge in [-0.2, -0.15) is 0 Å². The Bertz CT molecular complexity index is 0. The molecule has 0 amide bonds. The molecule has 0 aromatic rings. The zero-order valence-corrected chi connectivity index (χ0v) is 0. The third kappa shape index (κ3) is 104. The zero-order valence-electron chi connectivity index (χ0n) is 0. The molecule has 0 aromatic carbocycles. The average molecular weight is 722 g/mol. The summed E-state index contributed by atoms with van der Waals surface area (Å²) in [5, 5.41) is 0. The van der Waals surface area contributed by atoms with Crippen LogP contribution in [-0.2, 0) is 0 Å². The second-order valence-electron chi connectivity index (χ2n) is 0. The Labute approximate surface area is 882 Å². The predicted molar refractivity (Wildman–Crippen MR) is 129 cm³/mol. The van der Waals surface area contributed by atoms with E-state index >= 15 is 0 Å². The molecule has 0 aliphatic rings. The van der Waals surface area contributed by atoms with Crippen LogP contribution >= 0.6 is 0 Å². The van der Waals surface area contributed by atoms with Gasteiger partial charge >= 0.3 is 925 Å². The first-order valence-electron chi connectivity index (χ1n) is 0. The van der Waals surface area contributed by atoms with E-state index in [4.69, 9.17) is 0 Å². The van der Waals surface area contributed by atoms with E-state index in [1.165, 1.54) is 0 Å². The molecule has 0 saturated heterocycles. The zero-order chi connectivity index (χ0) is 0. The molecule has 0 aliphatic heterocycles. The van der Waals surface area contributed by atoms with Crippen LogP contribution in [0.15, 0.2) is 0 Å². The topological polar surface area (TPSA) is 0 Å². The molecule has 0 saturated carbocycles. The minimum absolute atomic E-state index is 0. The monoisotopic (exact) mass is 719 g/mol. The Morgan fingerprint density at radius 2 is 0.0556 bits per heavy atom. The summed E-state index contributed by atoms with van der Waals surface area (Å²) in [7, 11) is 0. The molecular weight excluding hydrogens is 704 g/mol. The van der Waals surface area contributed by atoms with Crippen LogP contribution in [0, 0.1) is 0 Å². The van der Waals surface area contributed by atoms with Gasteiger partial charge < -0.3 is 0 Å². The molecule has 0 aromatic heterocycles. The Morgan fingerprint density at radius 3 is 0.0556 bits per heavy atom. The molecular formula is H18K18. The van der Waals surface area contributed by atoms with Crippen molar-refractivity contribution in [3.8, 4) is 0 Å². The molecule has 0 nitrogen and oxygen atoms in total. The maximum atomic E-state index is 0. The SMILES string of the molecule is [KH].[KH].[KH].[KH].[KH].[KH].[KH].[KH].[KH].[KH].[KH].[KH].[KH].[KH].[KH].[KH].[KH].[KH]. The second kappa shape index (κ2) is 111. The van der Waals surface area contributed by atoms with Crippen LogP contribution in [0.1, 0.15) is 0 Å². The first kappa shape index (κ1) is 118. The first-order chi connectivity index (χ1) is 0. The third-order valence-electron chi connectivity index (χ3n) is 0. The fraction of sp³-hybridized carbons (Fsp3) is 0. The van der Waals surface area contributed by atoms with Crippen LogP contribution in [-0.4, -0.2) is 925 Å².